The molecule has 2 unspecified atom stereocenters. The van der Waals surface area contributed by atoms with Gasteiger partial charge in [-0.05, 0) is 6.42 Å². The van der Waals surface area contributed by atoms with Crippen LogP contribution in [-0.2, 0) is 9.47 Å². The molecule has 1 rings (SSSR count). The quantitative estimate of drug-likeness (QED) is 0.574. The monoisotopic (exact) mass is 220 g/mol. The maximum absolute atomic E-state index is 9.84. The van der Waals surface area contributed by atoms with Gasteiger partial charge < -0.3 is 24.8 Å². The lowest BCUT2D eigenvalue weighted by Gasteiger charge is -2.42. The first-order valence-corrected chi connectivity index (χ1v) is 5.27. The molecule has 3 N–H and O–H groups in total. The summed E-state index contributed by atoms with van der Waals surface area (Å²) in [5.41, 5.74) is 0. The number of aliphatic hydroxyl groups excluding tert-OH is 3. The van der Waals surface area contributed by atoms with Crippen LogP contribution in [0.1, 0.15) is 13.3 Å². The summed E-state index contributed by atoms with van der Waals surface area (Å²) in [6.45, 7) is 1.96. The third-order valence-corrected chi connectivity index (χ3v) is 2.98. The Labute approximate surface area is 89.6 Å². The SMILES string of the molecule is CC[C@H]1C(O)C(O)[C@H](COC)O[C@H]1CO. The number of aliphatic hydroxyl groups is 3. The minimum atomic E-state index is -0.947. The van der Waals surface area contributed by atoms with Gasteiger partial charge in [0.15, 0.2) is 0 Å². The van der Waals surface area contributed by atoms with Crippen molar-refractivity contribution in [3.8, 4) is 0 Å². The van der Waals surface area contributed by atoms with Crippen LogP contribution in [0.25, 0.3) is 0 Å². The Morgan fingerprint density at radius 3 is 2.33 bits per heavy atom. The highest BCUT2D eigenvalue weighted by molar-refractivity contribution is 4.91. The highest BCUT2D eigenvalue weighted by Gasteiger charge is 2.42. The Balaban J connectivity index is 2.68. The molecular formula is C10H20O5. The first-order valence-electron chi connectivity index (χ1n) is 5.27. The average molecular weight is 220 g/mol. The van der Waals surface area contributed by atoms with Crippen LogP contribution < -0.4 is 0 Å². The molecule has 0 aromatic rings. The van der Waals surface area contributed by atoms with Crippen molar-refractivity contribution in [2.24, 2.45) is 5.92 Å². The van der Waals surface area contributed by atoms with Gasteiger partial charge in [0, 0.05) is 13.0 Å². The van der Waals surface area contributed by atoms with Gasteiger partial charge in [-0.2, -0.15) is 0 Å². The lowest BCUT2D eigenvalue weighted by molar-refractivity contribution is -0.218. The standard InChI is InChI=1S/C10H20O5/c1-3-6-7(4-11)15-8(5-14-2)10(13)9(6)12/h6-13H,3-5H2,1-2H3/t6-,7+,8+,9?,10?/m1/s1. The van der Waals surface area contributed by atoms with E-state index in [1.54, 1.807) is 0 Å². The molecule has 1 fully saturated rings. The summed E-state index contributed by atoms with van der Waals surface area (Å²) in [7, 11) is 1.50. The van der Waals surface area contributed by atoms with Crippen molar-refractivity contribution in [2.45, 2.75) is 37.8 Å². The van der Waals surface area contributed by atoms with Gasteiger partial charge in [-0.1, -0.05) is 6.92 Å². The van der Waals surface area contributed by atoms with E-state index in [1.165, 1.54) is 7.11 Å². The van der Waals surface area contributed by atoms with Crippen LogP contribution >= 0.6 is 0 Å². The summed E-state index contributed by atoms with van der Waals surface area (Å²) >= 11 is 0. The lowest BCUT2D eigenvalue weighted by Crippen LogP contribution is -2.56. The van der Waals surface area contributed by atoms with E-state index in [0.717, 1.165) is 0 Å². The molecule has 1 aliphatic rings. The van der Waals surface area contributed by atoms with Gasteiger partial charge in [0.1, 0.15) is 12.2 Å². The molecule has 0 spiro atoms. The van der Waals surface area contributed by atoms with E-state index in [1.807, 2.05) is 6.92 Å². The Morgan fingerprint density at radius 1 is 1.20 bits per heavy atom. The summed E-state index contributed by atoms with van der Waals surface area (Å²) < 4.78 is 10.4. The number of rotatable bonds is 4. The molecule has 5 atom stereocenters. The van der Waals surface area contributed by atoms with Crippen LogP contribution in [0.4, 0.5) is 0 Å². The highest BCUT2D eigenvalue weighted by Crippen LogP contribution is 2.28. The molecule has 5 heteroatoms. The van der Waals surface area contributed by atoms with E-state index in [9.17, 15) is 10.2 Å². The molecule has 0 aliphatic carbocycles. The van der Waals surface area contributed by atoms with E-state index in [-0.39, 0.29) is 19.1 Å². The molecule has 90 valence electrons. The number of methoxy groups -OCH3 is 1. The average Bonchev–Trinajstić information content (AvgIpc) is 2.24. The summed E-state index contributed by atoms with van der Waals surface area (Å²) in [6.07, 6.45) is -2.14. The molecule has 0 saturated carbocycles. The van der Waals surface area contributed by atoms with Crippen molar-refractivity contribution in [2.75, 3.05) is 20.3 Å². The molecule has 0 amide bonds. The summed E-state index contributed by atoms with van der Waals surface area (Å²) in [6, 6.07) is 0. The van der Waals surface area contributed by atoms with Gasteiger partial charge in [-0.3, -0.25) is 0 Å². The summed E-state index contributed by atoms with van der Waals surface area (Å²) in [5, 5.41) is 28.7. The van der Waals surface area contributed by atoms with Crippen LogP contribution in [0.3, 0.4) is 0 Å². The third-order valence-electron chi connectivity index (χ3n) is 2.98. The second-order valence-corrected chi connectivity index (χ2v) is 3.90. The number of hydrogen-bond donors (Lipinski definition) is 3. The zero-order valence-corrected chi connectivity index (χ0v) is 9.17. The second kappa shape index (κ2) is 5.77. The minimum Gasteiger partial charge on any atom is -0.394 e. The molecule has 0 aromatic heterocycles. The molecule has 0 aromatic carbocycles. The summed E-state index contributed by atoms with van der Waals surface area (Å²) in [4.78, 5) is 0. The predicted molar refractivity (Wildman–Crippen MR) is 53.4 cm³/mol. The fraction of sp³-hybridized carbons (Fsp3) is 1.00. The first-order chi connectivity index (χ1) is 7.15. The molecule has 1 aliphatic heterocycles. The molecular weight excluding hydrogens is 200 g/mol. The van der Waals surface area contributed by atoms with Gasteiger partial charge in [0.2, 0.25) is 0 Å². The first kappa shape index (κ1) is 12.9. The van der Waals surface area contributed by atoms with Crippen LogP contribution in [0.2, 0.25) is 0 Å². The topological polar surface area (TPSA) is 79.2 Å². The number of ether oxygens (including phenoxy) is 2. The molecule has 0 radical (unpaired) electrons. The van der Waals surface area contributed by atoms with Gasteiger partial charge in [0.25, 0.3) is 0 Å². The fourth-order valence-corrected chi connectivity index (χ4v) is 2.08. The van der Waals surface area contributed by atoms with E-state index >= 15 is 0 Å². The number of hydrogen-bond acceptors (Lipinski definition) is 5. The predicted octanol–water partition coefficient (Wildman–Crippen LogP) is -0.860. The molecule has 0 bridgehead atoms. The van der Waals surface area contributed by atoms with Crippen molar-refractivity contribution >= 4 is 0 Å². The van der Waals surface area contributed by atoms with Crippen LogP contribution in [0, 0.1) is 5.92 Å². The molecule has 1 heterocycles. The van der Waals surface area contributed by atoms with Gasteiger partial charge in [-0.15, -0.1) is 0 Å². The fourth-order valence-electron chi connectivity index (χ4n) is 2.08. The Hall–Kier alpha value is -0.200. The highest BCUT2D eigenvalue weighted by atomic mass is 16.6. The van der Waals surface area contributed by atoms with Gasteiger partial charge in [0.05, 0.1) is 25.4 Å². The maximum Gasteiger partial charge on any atom is 0.110 e. The van der Waals surface area contributed by atoms with E-state index in [2.05, 4.69) is 0 Å². The normalized spacial score (nSPS) is 41.8. The maximum atomic E-state index is 9.84. The van der Waals surface area contributed by atoms with E-state index in [4.69, 9.17) is 14.6 Å². The summed E-state index contributed by atoms with van der Waals surface area (Å²) in [5.74, 6) is -0.224. The molecule has 15 heavy (non-hydrogen) atoms. The smallest absolute Gasteiger partial charge is 0.110 e. The minimum absolute atomic E-state index is 0.150. The molecule has 5 nitrogen and oxygen atoms in total. The third kappa shape index (κ3) is 2.68. The van der Waals surface area contributed by atoms with Crippen molar-refractivity contribution in [1.82, 2.24) is 0 Å². The zero-order chi connectivity index (χ0) is 11.4. The van der Waals surface area contributed by atoms with Gasteiger partial charge >= 0.3 is 0 Å². The van der Waals surface area contributed by atoms with Crippen LogP contribution in [0.5, 0.6) is 0 Å². The van der Waals surface area contributed by atoms with E-state index in [0.29, 0.717) is 6.42 Å². The Morgan fingerprint density at radius 2 is 1.87 bits per heavy atom. The largest absolute Gasteiger partial charge is 0.394 e. The lowest BCUT2D eigenvalue weighted by atomic mass is 9.85. The van der Waals surface area contributed by atoms with Crippen molar-refractivity contribution < 1.29 is 24.8 Å². The van der Waals surface area contributed by atoms with Crippen LogP contribution in [-0.4, -0.2) is 60.1 Å². The van der Waals surface area contributed by atoms with Gasteiger partial charge in [-0.25, -0.2) is 0 Å². The Kier molecular flexibility index (Phi) is 4.95. The second-order valence-electron chi connectivity index (χ2n) is 3.90. The van der Waals surface area contributed by atoms with E-state index < -0.39 is 24.4 Å². The Bertz CT molecular complexity index is 183. The zero-order valence-electron chi connectivity index (χ0n) is 9.17. The van der Waals surface area contributed by atoms with Crippen molar-refractivity contribution in [1.29, 1.82) is 0 Å². The van der Waals surface area contributed by atoms with Crippen molar-refractivity contribution in [3.63, 3.8) is 0 Å². The molecule has 1 saturated heterocycles. The van der Waals surface area contributed by atoms with Crippen LogP contribution in [0.15, 0.2) is 0 Å². The van der Waals surface area contributed by atoms with Crippen molar-refractivity contribution in [3.05, 3.63) is 0 Å².